The van der Waals surface area contributed by atoms with Crippen LogP contribution in [-0.2, 0) is 0 Å². The Kier molecular flexibility index (Phi) is 5.41. The molecule has 106 valence electrons. The van der Waals surface area contributed by atoms with Gasteiger partial charge in [-0.2, -0.15) is 0 Å². The standard InChI is InChI=1S/C13H20N2O4/c1-5-18-12-8-13(19-6-2)11(15(16)17)7-10(12)14-9(3)4/h7-9,14H,5-6H2,1-4H3. The molecular formula is C13H20N2O4. The van der Waals surface area contributed by atoms with Crippen LogP contribution in [0, 0.1) is 10.1 Å². The summed E-state index contributed by atoms with van der Waals surface area (Å²) in [4.78, 5) is 10.6. The van der Waals surface area contributed by atoms with Crippen LogP contribution in [0.15, 0.2) is 12.1 Å². The second-order valence-corrected chi connectivity index (χ2v) is 4.24. The van der Waals surface area contributed by atoms with E-state index in [2.05, 4.69) is 5.32 Å². The van der Waals surface area contributed by atoms with E-state index in [0.717, 1.165) is 0 Å². The van der Waals surface area contributed by atoms with Crippen molar-refractivity contribution in [3.8, 4) is 11.5 Å². The van der Waals surface area contributed by atoms with Crippen molar-refractivity contribution < 1.29 is 14.4 Å². The van der Waals surface area contributed by atoms with Gasteiger partial charge < -0.3 is 14.8 Å². The number of nitrogens with one attached hydrogen (secondary N) is 1. The molecule has 1 aromatic carbocycles. The van der Waals surface area contributed by atoms with Gasteiger partial charge in [-0.15, -0.1) is 0 Å². The largest absolute Gasteiger partial charge is 0.492 e. The van der Waals surface area contributed by atoms with Gasteiger partial charge in [0.05, 0.1) is 23.8 Å². The van der Waals surface area contributed by atoms with E-state index < -0.39 is 4.92 Å². The Hall–Kier alpha value is -1.98. The first kappa shape index (κ1) is 15.1. The van der Waals surface area contributed by atoms with Crippen LogP contribution in [0.3, 0.4) is 0 Å². The van der Waals surface area contributed by atoms with Crippen LogP contribution in [0.1, 0.15) is 27.7 Å². The molecule has 0 heterocycles. The van der Waals surface area contributed by atoms with Crippen molar-refractivity contribution in [2.24, 2.45) is 0 Å². The molecule has 0 aliphatic carbocycles. The van der Waals surface area contributed by atoms with Crippen LogP contribution in [0.2, 0.25) is 0 Å². The van der Waals surface area contributed by atoms with Crippen LogP contribution in [0.4, 0.5) is 11.4 Å². The summed E-state index contributed by atoms with van der Waals surface area (Å²) < 4.78 is 10.8. The van der Waals surface area contributed by atoms with Gasteiger partial charge >= 0.3 is 5.69 Å². The smallest absolute Gasteiger partial charge is 0.313 e. The summed E-state index contributed by atoms with van der Waals surface area (Å²) in [7, 11) is 0. The van der Waals surface area contributed by atoms with Gasteiger partial charge in [0.1, 0.15) is 5.75 Å². The highest BCUT2D eigenvalue weighted by atomic mass is 16.6. The van der Waals surface area contributed by atoms with Crippen molar-refractivity contribution in [2.75, 3.05) is 18.5 Å². The predicted molar refractivity (Wildman–Crippen MR) is 74.2 cm³/mol. The van der Waals surface area contributed by atoms with Crippen LogP contribution in [0.25, 0.3) is 0 Å². The van der Waals surface area contributed by atoms with Crippen LogP contribution in [0.5, 0.6) is 11.5 Å². The lowest BCUT2D eigenvalue weighted by Crippen LogP contribution is -2.12. The topological polar surface area (TPSA) is 73.6 Å². The number of nitro groups is 1. The average Bonchev–Trinajstić information content (AvgIpc) is 2.32. The van der Waals surface area contributed by atoms with E-state index >= 15 is 0 Å². The molecule has 6 nitrogen and oxygen atoms in total. The maximum absolute atomic E-state index is 11.1. The molecule has 0 atom stereocenters. The SMILES string of the molecule is CCOc1cc(OCC)c([N+](=O)[O-])cc1NC(C)C. The second kappa shape index (κ2) is 6.82. The monoisotopic (exact) mass is 268 g/mol. The summed E-state index contributed by atoms with van der Waals surface area (Å²) in [6, 6.07) is 3.17. The Balaban J connectivity index is 3.27. The van der Waals surface area contributed by atoms with E-state index in [4.69, 9.17) is 9.47 Å². The molecule has 0 spiro atoms. The molecule has 0 radical (unpaired) electrons. The first-order valence-electron chi connectivity index (χ1n) is 6.34. The van der Waals surface area contributed by atoms with E-state index in [1.807, 2.05) is 20.8 Å². The van der Waals surface area contributed by atoms with E-state index in [9.17, 15) is 10.1 Å². The first-order chi connectivity index (χ1) is 8.99. The Bertz CT molecular complexity index is 447. The van der Waals surface area contributed by atoms with E-state index in [0.29, 0.717) is 24.7 Å². The molecule has 1 aromatic rings. The van der Waals surface area contributed by atoms with Crippen LogP contribution >= 0.6 is 0 Å². The van der Waals surface area contributed by atoms with Crippen molar-refractivity contribution in [3.05, 3.63) is 22.2 Å². The van der Waals surface area contributed by atoms with Gasteiger partial charge in [-0.3, -0.25) is 10.1 Å². The minimum absolute atomic E-state index is 0.0616. The highest BCUT2D eigenvalue weighted by Crippen LogP contribution is 2.38. The predicted octanol–water partition coefficient (Wildman–Crippen LogP) is 3.21. The molecule has 0 aliphatic heterocycles. The maximum Gasteiger partial charge on any atom is 0.313 e. The van der Waals surface area contributed by atoms with Gasteiger partial charge in [0, 0.05) is 18.2 Å². The number of hydrogen-bond acceptors (Lipinski definition) is 5. The third-order valence-electron chi connectivity index (χ3n) is 2.30. The van der Waals surface area contributed by atoms with E-state index in [1.54, 1.807) is 13.0 Å². The number of benzene rings is 1. The van der Waals surface area contributed by atoms with Crippen molar-refractivity contribution in [1.29, 1.82) is 0 Å². The van der Waals surface area contributed by atoms with Gasteiger partial charge in [-0.1, -0.05) is 0 Å². The van der Waals surface area contributed by atoms with Crippen molar-refractivity contribution in [3.63, 3.8) is 0 Å². The molecule has 1 N–H and O–H groups in total. The highest BCUT2D eigenvalue weighted by molar-refractivity contribution is 5.67. The fourth-order valence-corrected chi connectivity index (χ4v) is 1.66. The van der Waals surface area contributed by atoms with E-state index in [1.165, 1.54) is 6.07 Å². The zero-order chi connectivity index (χ0) is 14.4. The summed E-state index contributed by atoms with van der Waals surface area (Å²) in [5.41, 5.74) is 0.542. The minimum Gasteiger partial charge on any atom is -0.492 e. The zero-order valence-electron chi connectivity index (χ0n) is 11.7. The van der Waals surface area contributed by atoms with Crippen LogP contribution < -0.4 is 14.8 Å². The fraction of sp³-hybridized carbons (Fsp3) is 0.538. The number of anilines is 1. The first-order valence-corrected chi connectivity index (χ1v) is 6.34. The number of nitrogens with zero attached hydrogens (tertiary/aromatic N) is 1. The van der Waals surface area contributed by atoms with Gasteiger partial charge in [0.15, 0.2) is 0 Å². The zero-order valence-corrected chi connectivity index (χ0v) is 11.7. The Labute approximate surface area is 112 Å². The summed E-state index contributed by atoms with van der Waals surface area (Å²) in [6.45, 7) is 8.40. The fourth-order valence-electron chi connectivity index (χ4n) is 1.66. The van der Waals surface area contributed by atoms with Crippen molar-refractivity contribution in [2.45, 2.75) is 33.7 Å². The second-order valence-electron chi connectivity index (χ2n) is 4.24. The molecule has 0 amide bonds. The summed E-state index contributed by atoms with van der Waals surface area (Å²) in [5.74, 6) is 0.788. The average molecular weight is 268 g/mol. The quantitative estimate of drug-likeness (QED) is 0.607. The van der Waals surface area contributed by atoms with E-state index in [-0.39, 0.29) is 17.5 Å². The summed E-state index contributed by atoms with van der Waals surface area (Å²) in [6.07, 6.45) is 0. The Morgan fingerprint density at radius 3 is 2.26 bits per heavy atom. The maximum atomic E-state index is 11.1. The third kappa shape index (κ3) is 4.01. The molecule has 1 rings (SSSR count). The van der Waals surface area contributed by atoms with Gasteiger partial charge in [0.25, 0.3) is 0 Å². The molecule has 0 bridgehead atoms. The molecule has 6 heteroatoms. The van der Waals surface area contributed by atoms with Crippen LogP contribution in [-0.4, -0.2) is 24.2 Å². The molecule has 0 aromatic heterocycles. The van der Waals surface area contributed by atoms with Gasteiger partial charge in [0.2, 0.25) is 5.75 Å². The van der Waals surface area contributed by atoms with Gasteiger partial charge in [-0.05, 0) is 27.7 Å². The lowest BCUT2D eigenvalue weighted by molar-refractivity contribution is -0.385. The van der Waals surface area contributed by atoms with Crippen molar-refractivity contribution >= 4 is 11.4 Å². The molecule has 19 heavy (non-hydrogen) atoms. The lowest BCUT2D eigenvalue weighted by atomic mass is 10.2. The molecule has 0 unspecified atom stereocenters. The lowest BCUT2D eigenvalue weighted by Gasteiger charge is -2.16. The normalized spacial score (nSPS) is 10.4. The molecule has 0 saturated heterocycles. The third-order valence-corrected chi connectivity index (χ3v) is 2.30. The highest BCUT2D eigenvalue weighted by Gasteiger charge is 2.20. The number of ether oxygens (including phenoxy) is 2. The molecule has 0 aliphatic rings. The molecule has 0 saturated carbocycles. The number of rotatable bonds is 7. The van der Waals surface area contributed by atoms with Gasteiger partial charge in [-0.25, -0.2) is 0 Å². The minimum atomic E-state index is -0.452. The summed E-state index contributed by atoms with van der Waals surface area (Å²) in [5, 5.41) is 14.2. The Morgan fingerprint density at radius 1 is 1.21 bits per heavy atom. The molecule has 0 fully saturated rings. The number of hydrogen-bond donors (Lipinski definition) is 1. The number of nitro benzene ring substituents is 1. The summed E-state index contributed by atoms with van der Waals surface area (Å²) >= 11 is 0. The van der Waals surface area contributed by atoms with Crippen molar-refractivity contribution in [1.82, 2.24) is 0 Å². The molecular weight excluding hydrogens is 248 g/mol. The Morgan fingerprint density at radius 2 is 1.79 bits per heavy atom.